The lowest BCUT2D eigenvalue weighted by Crippen LogP contribution is -2.36. The van der Waals surface area contributed by atoms with E-state index < -0.39 is 0 Å². The third-order valence-corrected chi connectivity index (χ3v) is 5.02. The molecule has 0 heterocycles. The van der Waals surface area contributed by atoms with Crippen molar-refractivity contribution in [2.24, 2.45) is 11.8 Å². The summed E-state index contributed by atoms with van der Waals surface area (Å²) >= 11 is 0. The van der Waals surface area contributed by atoms with Crippen molar-refractivity contribution in [3.05, 3.63) is 24.3 Å². The summed E-state index contributed by atoms with van der Waals surface area (Å²) in [5, 5.41) is 6.03. The van der Waals surface area contributed by atoms with Crippen LogP contribution >= 0.6 is 0 Å². The van der Waals surface area contributed by atoms with Gasteiger partial charge in [-0.3, -0.25) is 9.59 Å². The molecule has 1 aromatic carbocycles. The van der Waals surface area contributed by atoms with Crippen LogP contribution < -0.4 is 15.4 Å². The Morgan fingerprint density at radius 2 is 1.58 bits per heavy atom. The molecule has 2 aliphatic rings. The minimum absolute atomic E-state index is 0.0526. The lowest BCUT2D eigenvalue weighted by molar-refractivity contribution is -0.125. The molecule has 130 valence electrons. The number of methoxy groups -OCH3 is 1. The topological polar surface area (TPSA) is 67.4 Å². The van der Waals surface area contributed by atoms with E-state index in [2.05, 4.69) is 10.6 Å². The molecule has 5 heteroatoms. The van der Waals surface area contributed by atoms with Crippen molar-refractivity contribution in [3.63, 3.8) is 0 Å². The van der Waals surface area contributed by atoms with Crippen molar-refractivity contribution in [3.8, 4) is 5.75 Å². The molecule has 2 aliphatic carbocycles. The molecule has 0 spiro atoms. The first kappa shape index (κ1) is 16.8. The zero-order valence-electron chi connectivity index (χ0n) is 14.2. The summed E-state index contributed by atoms with van der Waals surface area (Å²) in [4.78, 5) is 24.6. The van der Waals surface area contributed by atoms with Gasteiger partial charge in [-0.15, -0.1) is 0 Å². The molecule has 3 rings (SSSR count). The zero-order chi connectivity index (χ0) is 16.9. The second-order valence-corrected chi connectivity index (χ2v) is 6.86. The Labute approximate surface area is 143 Å². The van der Waals surface area contributed by atoms with Gasteiger partial charge in [-0.25, -0.2) is 0 Å². The number of carbonyl (C=O) groups is 2. The number of carbonyl (C=O) groups excluding carboxylic acids is 2. The molecule has 0 saturated heterocycles. The molecule has 0 bridgehead atoms. The Kier molecular flexibility index (Phi) is 5.38. The van der Waals surface area contributed by atoms with Crippen molar-refractivity contribution >= 4 is 17.5 Å². The molecule has 0 aliphatic heterocycles. The van der Waals surface area contributed by atoms with E-state index in [1.807, 2.05) is 0 Å². The smallest absolute Gasteiger partial charge is 0.228 e. The van der Waals surface area contributed by atoms with Gasteiger partial charge in [0.05, 0.1) is 18.9 Å². The summed E-state index contributed by atoms with van der Waals surface area (Å²) in [6.45, 7) is 0. The predicted octanol–water partition coefficient (Wildman–Crippen LogP) is 3.11. The molecule has 1 aromatic rings. The van der Waals surface area contributed by atoms with Crippen LogP contribution in [0.25, 0.3) is 0 Å². The molecular weight excluding hydrogens is 304 g/mol. The number of hydrogen-bond acceptors (Lipinski definition) is 3. The second-order valence-electron chi connectivity index (χ2n) is 6.86. The van der Waals surface area contributed by atoms with Gasteiger partial charge in [0, 0.05) is 11.7 Å². The van der Waals surface area contributed by atoms with Gasteiger partial charge in [0.25, 0.3) is 0 Å². The zero-order valence-corrected chi connectivity index (χ0v) is 14.2. The minimum atomic E-state index is -0.196. The first-order valence-electron chi connectivity index (χ1n) is 8.92. The highest BCUT2D eigenvalue weighted by Crippen LogP contribution is 2.40. The van der Waals surface area contributed by atoms with Gasteiger partial charge >= 0.3 is 0 Å². The maximum atomic E-state index is 12.3. The van der Waals surface area contributed by atoms with Crippen LogP contribution in [-0.4, -0.2) is 25.0 Å². The van der Waals surface area contributed by atoms with Gasteiger partial charge in [-0.2, -0.15) is 0 Å². The van der Waals surface area contributed by atoms with E-state index in [0.717, 1.165) is 24.3 Å². The number of amides is 2. The third-order valence-electron chi connectivity index (χ3n) is 5.02. The van der Waals surface area contributed by atoms with Crippen LogP contribution in [0.2, 0.25) is 0 Å². The van der Waals surface area contributed by atoms with Crippen LogP contribution in [0.5, 0.6) is 5.75 Å². The van der Waals surface area contributed by atoms with Crippen molar-refractivity contribution < 1.29 is 14.3 Å². The molecule has 24 heavy (non-hydrogen) atoms. The normalized spacial score (nSPS) is 23.9. The molecule has 2 atom stereocenters. The Morgan fingerprint density at radius 1 is 0.958 bits per heavy atom. The van der Waals surface area contributed by atoms with E-state index in [1.165, 1.54) is 25.7 Å². The van der Waals surface area contributed by atoms with Crippen LogP contribution in [0.3, 0.4) is 0 Å². The minimum Gasteiger partial charge on any atom is -0.497 e. The first-order valence-corrected chi connectivity index (χ1v) is 8.92. The SMILES string of the molecule is COc1ccc(NC(=O)C2CC2C(=O)NC2CCCCCC2)cc1. The van der Waals surface area contributed by atoms with Gasteiger partial charge in [-0.1, -0.05) is 25.7 Å². The third kappa shape index (κ3) is 4.28. The van der Waals surface area contributed by atoms with E-state index in [9.17, 15) is 9.59 Å². The van der Waals surface area contributed by atoms with Crippen LogP contribution in [0.4, 0.5) is 5.69 Å². The summed E-state index contributed by atoms with van der Waals surface area (Å²) in [5.74, 6) is 0.377. The average molecular weight is 330 g/mol. The summed E-state index contributed by atoms with van der Waals surface area (Å²) in [5.41, 5.74) is 0.732. The molecule has 2 N–H and O–H groups in total. The Morgan fingerprint density at radius 3 is 2.21 bits per heavy atom. The van der Waals surface area contributed by atoms with E-state index in [1.54, 1.807) is 31.4 Å². The van der Waals surface area contributed by atoms with Crippen molar-refractivity contribution in [2.45, 2.75) is 51.0 Å². The van der Waals surface area contributed by atoms with Gasteiger partial charge in [0.1, 0.15) is 5.75 Å². The number of benzene rings is 1. The molecule has 0 radical (unpaired) electrons. The molecule has 0 aromatic heterocycles. The largest absolute Gasteiger partial charge is 0.497 e. The van der Waals surface area contributed by atoms with E-state index in [-0.39, 0.29) is 23.7 Å². The van der Waals surface area contributed by atoms with E-state index >= 15 is 0 Å². The lowest BCUT2D eigenvalue weighted by atomic mass is 10.1. The molecule has 2 fully saturated rings. The number of rotatable bonds is 5. The summed E-state index contributed by atoms with van der Waals surface area (Å²) in [6.07, 6.45) is 7.71. The fourth-order valence-electron chi connectivity index (χ4n) is 3.42. The monoisotopic (exact) mass is 330 g/mol. The first-order chi connectivity index (χ1) is 11.7. The van der Waals surface area contributed by atoms with Crippen LogP contribution in [0, 0.1) is 11.8 Å². The average Bonchev–Trinajstić information content (AvgIpc) is 3.40. The lowest BCUT2D eigenvalue weighted by Gasteiger charge is -2.16. The Bertz CT molecular complexity index is 577. The van der Waals surface area contributed by atoms with Crippen LogP contribution in [0.15, 0.2) is 24.3 Å². The summed E-state index contributed by atoms with van der Waals surface area (Å²) in [6, 6.07) is 7.52. The van der Waals surface area contributed by atoms with E-state index in [0.29, 0.717) is 12.5 Å². The highest BCUT2D eigenvalue weighted by molar-refractivity contribution is 5.99. The van der Waals surface area contributed by atoms with Crippen molar-refractivity contribution in [2.75, 3.05) is 12.4 Å². The summed E-state index contributed by atoms with van der Waals surface area (Å²) < 4.78 is 5.10. The molecule has 2 unspecified atom stereocenters. The van der Waals surface area contributed by atoms with Gasteiger partial charge < -0.3 is 15.4 Å². The number of hydrogen-bond donors (Lipinski definition) is 2. The maximum Gasteiger partial charge on any atom is 0.228 e. The highest BCUT2D eigenvalue weighted by Gasteiger charge is 2.48. The number of anilines is 1. The Balaban J connectivity index is 1.46. The van der Waals surface area contributed by atoms with Crippen molar-refractivity contribution in [1.82, 2.24) is 5.32 Å². The maximum absolute atomic E-state index is 12.3. The van der Waals surface area contributed by atoms with Gasteiger partial charge in [0.15, 0.2) is 0 Å². The van der Waals surface area contributed by atoms with Crippen molar-refractivity contribution in [1.29, 1.82) is 0 Å². The molecule has 2 saturated carbocycles. The van der Waals surface area contributed by atoms with Crippen LogP contribution in [-0.2, 0) is 9.59 Å². The Hall–Kier alpha value is -2.04. The van der Waals surface area contributed by atoms with E-state index in [4.69, 9.17) is 4.74 Å². The number of nitrogens with one attached hydrogen (secondary N) is 2. The molecular formula is C19H26N2O3. The number of ether oxygens (including phenoxy) is 1. The van der Waals surface area contributed by atoms with Gasteiger partial charge in [0.2, 0.25) is 11.8 Å². The molecule has 2 amide bonds. The summed E-state index contributed by atoms with van der Waals surface area (Å²) in [7, 11) is 1.61. The predicted molar refractivity (Wildman–Crippen MR) is 92.9 cm³/mol. The quantitative estimate of drug-likeness (QED) is 0.815. The highest BCUT2D eigenvalue weighted by atomic mass is 16.5. The van der Waals surface area contributed by atoms with Gasteiger partial charge in [-0.05, 0) is 43.5 Å². The van der Waals surface area contributed by atoms with Crippen LogP contribution in [0.1, 0.15) is 44.9 Å². The standard InChI is InChI=1S/C19H26N2O3/c1-24-15-10-8-14(9-11-15)21-19(23)17-12-16(17)18(22)20-13-6-4-2-3-5-7-13/h8-11,13,16-17H,2-7,12H2,1H3,(H,20,22)(H,21,23). The fraction of sp³-hybridized carbons (Fsp3) is 0.579. The molecule has 5 nitrogen and oxygen atoms in total. The second kappa shape index (κ2) is 7.69. The fourth-order valence-corrected chi connectivity index (χ4v) is 3.42.